The molecule has 39 heavy (non-hydrogen) atoms. The Kier molecular flexibility index (Phi) is 7.04. The molecule has 6 nitrogen and oxygen atoms in total. The van der Waals surface area contributed by atoms with Crippen molar-refractivity contribution < 1.29 is 24.6 Å². The van der Waals surface area contributed by atoms with Crippen molar-refractivity contribution in [2.45, 2.75) is 96.5 Å². The highest BCUT2D eigenvalue weighted by Gasteiger charge is 2.82. The Morgan fingerprint density at radius 3 is 2.59 bits per heavy atom. The van der Waals surface area contributed by atoms with E-state index >= 15 is 0 Å². The second kappa shape index (κ2) is 9.38. The topological polar surface area (TPSA) is 87.1 Å². The largest absolute Gasteiger partial charge is 0.392 e. The molecule has 5 aliphatic rings. The average molecular weight is 558 g/mol. The van der Waals surface area contributed by atoms with E-state index in [2.05, 4.69) is 61.1 Å². The predicted molar refractivity (Wildman–Crippen MR) is 155 cm³/mol. The van der Waals surface area contributed by atoms with Crippen LogP contribution in [-0.4, -0.2) is 62.3 Å². The monoisotopic (exact) mass is 557 g/mol. The van der Waals surface area contributed by atoms with E-state index in [9.17, 15) is 19.8 Å². The summed E-state index contributed by atoms with van der Waals surface area (Å²) in [4.78, 5) is 33.3. The molecular weight excluding hydrogens is 510 g/mol. The maximum Gasteiger partial charge on any atom is 0.192 e. The summed E-state index contributed by atoms with van der Waals surface area (Å²) in [6.45, 7) is 19.6. The molecule has 1 heterocycles. The zero-order valence-electron chi connectivity index (χ0n) is 24.7. The summed E-state index contributed by atoms with van der Waals surface area (Å²) in [7, 11) is 0. The van der Waals surface area contributed by atoms with Gasteiger partial charge in [0.2, 0.25) is 0 Å². The summed E-state index contributed by atoms with van der Waals surface area (Å²) in [6, 6.07) is 0. The van der Waals surface area contributed by atoms with E-state index in [0.29, 0.717) is 18.2 Å². The molecule has 1 saturated heterocycles. The van der Waals surface area contributed by atoms with Crippen molar-refractivity contribution in [3.05, 3.63) is 36.5 Å². The number of nitrogens with zero attached hydrogens (tertiary/aromatic N) is 1. The molecule has 0 aromatic carbocycles. The number of carbonyl (C=O) groups is 2. The number of allylic oxidation sites excluding steroid dienone is 5. The van der Waals surface area contributed by atoms with Crippen molar-refractivity contribution >= 4 is 23.3 Å². The number of Topliss-reactive ketones (excluding diaryl/α,β-unsaturated/α-hetero) is 1. The highest BCUT2D eigenvalue weighted by molar-refractivity contribution is 8.00. The van der Waals surface area contributed by atoms with Gasteiger partial charge in [-0.25, -0.2) is 0 Å². The van der Waals surface area contributed by atoms with Gasteiger partial charge in [-0.2, -0.15) is 5.06 Å². The van der Waals surface area contributed by atoms with E-state index in [0.717, 1.165) is 24.8 Å². The van der Waals surface area contributed by atoms with Crippen LogP contribution in [0.4, 0.5) is 0 Å². The first-order chi connectivity index (χ1) is 18.2. The molecular formula is C32H47NO5S. The lowest BCUT2D eigenvalue weighted by Crippen LogP contribution is -2.71. The Bertz CT molecular complexity index is 1130. The third-order valence-corrected chi connectivity index (χ3v) is 13.5. The fourth-order valence-electron chi connectivity index (χ4n) is 10.1. The highest BCUT2D eigenvalue weighted by Crippen LogP contribution is 2.79. The van der Waals surface area contributed by atoms with Gasteiger partial charge in [0, 0.05) is 39.4 Å². The van der Waals surface area contributed by atoms with E-state index in [1.54, 1.807) is 12.2 Å². The summed E-state index contributed by atoms with van der Waals surface area (Å²) in [5.74, 6) is -0.266. The number of fused-ring (bicyclic) bond motifs is 7. The van der Waals surface area contributed by atoms with Crippen LogP contribution < -0.4 is 0 Å². The number of hydrogen-bond donors (Lipinski definition) is 2. The molecule has 1 aliphatic heterocycles. The standard InChI is InChI=1S/C32H47NO5S/c1-9-27(39-19(3)4)33-17-21-15-31(10-2)24-13-20(5)23-14-22(35)11-12-28(23,6)30(24,8)25(36)16-29(31,7)32(21,38-33)26(37)18-34/h10-12,14,19-21,24-25,27,34,36H,2,9,13,15-18H2,1,3-8H3/t20-,21-,24+,25-,27?,28-,29-,30+,31-,32-/m0/s1. The number of rotatable bonds is 7. The molecule has 1 unspecified atom stereocenters. The van der Waals surface area contributed by atoms with Gasteiger partial charge in [0.15, 0.2) is 17.2 Å². The predicted octanol–water partition coefficient (Wildman–Crippen LogP) is 5.11. The van der Waals surface area contributed by atoms with Crippen molar-refractivity contribution in [1.29, 1.82) is 0 Å². The fourth-order valence-corrected chi connectivity index (χ4v) is 11.2. The normalized spacial score (nSPS) is 47.7. The Labute approximate surface area is 238 Å². The number of thioether (sulfide) groups is 1. The second-order valence-corrected chi connectivity index (χ2v) is 15.5. The smallest absolute Gasteiger partial charge is 0.192 e. The van der Waals surface area contributed by atoms with E-state index in [1.165, 1.54) is 0 Å². The lowest BCUT2D eigenvalue weighted by Gasteiger charge is -2.70. The van der Waals surface area contributed by atoms with Crippen molar-refractivity contribution in [3.63, 3.8) is 0 Å². The molecule has 0 bridgehead atoms. The lowest BCUT2D eigenvalue weighted by molar-refractivity contribution is -0.279. The Balaban J connectivity index is 1.66. The van der Waals surface area contributed by atoms with Crippen molar-refractivity contribution in [2.24, 2.45) is 39.4 Å². The SMILES string of the molecule is C=C[C@@]12C[C@H]3CN(C(CC)SC(C)C)O[C@@]3(C(=O)CO)[C@@]1(C)C[C@H](O)[C@@]1(C)[C@H]2C[C@H](C)C2=CC(=O)C=C[C@@]21C. The Hall–Kier alpha value is -1.25. The number of hydrogen-bond acceptors (Lipinski definition) is 7. The van der Waals surface area contributed by atoms with Gasteiger partial charge in [0.25, 0.3) is 0 Å². The first kappa shape index (κ1) is 29.2. The van der Waals surface area contributed by atoms with Gasteiger partial charge in [-0.15, -0.1) is 18.3 Å². The summed E-state index contributed by atoms with van der Waals surface area (Å²) < 4.78 is 0. The molecule has 10 atom stereocenters. The minimum Gasteiger partial charge on any atom is -0.392 e. The minimum atomic E-state index is -1.23. The molecule has 0 radical (unpaired) electrons. The average Bonchev–Trinajstić information content (AvgIpc) is 3.36. The van der Waals surface area contributed by atoms with Crippen LogP contribution in [0, 0.1) is 39.4 Å². The number of ketones is 2. The van der Waals surface area contributed by atoms with Crippen LogP contribution in [-0.2, 0) is 14.4 Å². The molecule has 3 saturated carbocycles. The summed E-state index contributed by atoms with van der Waals surface area (Å²) in [5.41, 5.74) is -2.47. The second-order valence-electron chi connectivity index (χ2n) is 13.8. The maximum absolute atomic E-state index is 14.0. The lowest BCUT2D eigenvalue weighted by atomic mass is 9.34. The van der Waals surface area contributed by atoms with Gasteiger partial charge in [0.1, 0.15) is 6.61 Å². The van der Waals surface area contributed by atoms with E-state index in [4.69, 9.17) is 4.84 Å². The zero-order valence-corrected chi connectivity index (χ0v) is 25.5. The molecule has 4 fully saturated rings. The summed E-state index contributed by atoms with van der Waals surface area (Å²) >= 11 is 1.83. The first-order valence-electron chi connectivity index (χ1n) is 14.7. The van der Waals surface area contributed by atoms with Crippen molar-refractivity contribution in [1.82, 2.24) is 5.06 Å². The molecule has 0 spiro atoms. The summed E-state index contributed by atoms with van der Waals surface area (Å²) in [6.07, 6.45) is 9.53. The Morgan fingerprint density at radius 1 is 1.31 bits per heavy atom. The number of aliphatic hydroxyl groups excluding tert-OH is 2. The van der Waals surface area contributed by atoms with Crippen molar-refractivity contribution in [3.8, 4) is 0 Å². The van der Waals surface area contributed by atoms with E-state index in [1.807, 2.05) is 22.9 Å². The van der Waals surface area contributed by atoms with Crippen molar-refractivity contribution in [2.75, 3.05) is 13.2 Å². The van der Waals surface area contributed by atoms with Crippen LogP contribution >= 0.6 is 11.8 Å². The molecule has 0 amide bonds. The van der Waals surface area contributed by atoms with Gasteiger partial charge < -0.3 is 10.2 Å². The van der Waals surface area contributed by atoms with E-state index in [-0.39, 0.29) is 34.7 Å². The van der Waals surface area contributed by atoms with Gasteiger partial charge in [-0.3, -0.25) is 14.4 Å². The van der Waals surface area contributed by atoms with Crippen LogP contribution in [0.25, 0.3) is 0 Å². The maximum atomic E-state index is 14.0. The molecule has 0 aromatic heterocycles. The molecule has 7 heteroatoms. The van der Waals surface area contributed by atoms with Gasteiger partial charge in [0.05, 0.1) is 11.5 Å². The molecule has 0 aromatic rings. The van der Waals surface area contributed by atoms with Crippen LogP contribution in [0.3, 0.4) is 0 Å². The molecule has 2 N–H and O–H groups in total. The fraction of sp³-hybridized carbons (Fsp3) is 0.750. The molecule has 216 valence electrons. The Morgan fingerprint density at radius 2 is 2.00 bits per heavy atom. The van der Waals surface area contributed by atoms with Gasteiger partial charge in [-0.05, 0) is 49.7 Å². The van der Waals surface area contributed by atoms with Crippen LogP contribution in [0.5, 0.6) is 0 Å². The van der Waals surface area contributed by atoms with Crippen LogP contribution in [0.15, 0.2) is 36.5 Å². The number of carbonyl (C=O) groups excluding carboxylic acids is 2. The van der Waals surface area contributed by atoms with E-state index < -0.39 is 40.0 Å². The number of aliphatic hydroxyl groups is 2. The van der Waals surface area contributed by atoms with Gasteiger partial charge >= 0.3 is 0 Å². The van der Waals surface area contributed by atoms with Gasteiger partial charge in [-0.1, -0.05) is 66.2 Å². The van der Waals surface area contributed by atoms with Crippen LogP contribution in [0.1, 0.15) is 74.1 Å². The molecule has 4 aliphatic carbocycles. The quantitative estimate of drug-likeness (QED) is 0.421. The highest BCUT2D eigenvalue weighted by atomic mass is 32.2. The minimum absolute atomic E-state index is 0.00396. The third kappa shape index (κ3) is 3.43. The van der Waals surface area contributed by atoms with Crippen LogP contribution in [0.2, 0.25) is 0 Å². The first-order valence-corrected chi connectivity index (χ1v) is 15.7. The number of hydroxylamine groups is 2. The zero-order chi connectivity index (χ0) is 28.8. The third-order valence-electron chi connectivity index (χ3n) is 12.0. The molecule has 5 rings (SSSR count). The summed E-state index contributed by atoms with van der Waals surface area (Å²) in [5, 5.41) is 25.1.